The molecule has 1 aromatic rings. The summed E-state index contributed by atoms with van der Waals surface area (Å²) in [6.07, 6.45) is 0. The van der Waals surface area contributed by atoms with Crippen LogP contribution in [0.25, 0.3) is 0 Å². The lowest BCUT2D eigenvalue weighted by Gasteiger charge is -2.25. The number of amides is 1. The quantitative estimate of drug-likeness (QED) is 0.833. The monoisotopic (exact) mass is 269 g/mol. The maximum Gasteiger partial charge on any atom is 0.257 e. The van der Waals surface area contributed by atoms with E-state index < -0.39 is 5.82 Å². The average molecular weight is 269 g/mol. The van der Waals surface area contributed by atoms with Crippen molar-refractivity contribution in [3.63, 3.8) is 0 Å². The molecule has 0 spiro atoms. The largest absolute Gasteiger partial charge is 0.496 e. The van der Waals surface area contributed by atoms with E-state index in [1.165, 1.54) is 25.3 Å². The minimum absolute atomic E-state index is 0.0699. The molecule has 4 heteroatoms. The van der Waals surface area contributed by atoms with E-state index in [9.17, 15) is 9.18 Å². The molecule has 0 fully saturated rings. The number of rotatable bonds is 4. The van der Waals surface area contributed by atoms with Gasteiger partial charge in [-0.2, -0.15) is 0 Å². The number of carbonyl (C=O) groups is 1. The van der Waals surface area contributed by atoms with Gasteiger partial charge in [-0.1, -0.05) is 13.8 Å². The van der Waals surface area contributed by atoms with Crippen LogP contribution in [0.5, 0.6) is 5.75 Å². The number of hydrogen-bond donors (Lipinski definition) is 0. The molecule has 0 N–H and O–H groups in total. The maximum absolute atomic E-state index is 13.2. The molecule has 1 aromatic carbocycles. The van der Waals surface area contributed by atoms with Gasteiger partial charge in [0.1, 0.15) is 11.6 Å². The third-order valence-corrected chi connectivity index (χ3v) is 2.62. The summed E-state index contributed by atoms with van der Waals surface area (Å²) >= 11 is 0. The van der Waals surface area contributed by atoms with Crippen LogP contribution in [0.2, 0.25) is 0 Å². The Bertz CT molecular complexity index is 405. The van der Waals surface area contributed by atoms with E-state index in [0.29, 0.717) is 12.3 Å². The van der Waals surface area contributed by atoms with Gasteiger partial charge in [0, 0.05) is 12.6 Å². The molecule has 0 radical (unpaired) electrons. The zero-order valence-electron chi connectivity index (χ0n) is 12.7. The molecule has 0 aromatic heterocycles. The zero-order valence-corrected chi connectivity index (χ0v) is 12.7. The van der Waals surface area contributed by atoms with E-state index in [4.69, 9.17) is 4.74 Å². The molecular formula is C15H24FNO2. The van der Waals surface area contributed by atoms with Crippen molar-refractivity contribution in [1.82, 2.24) is 4.90 Å². The number of ether oxygens (including phenoxy) is 1. The Morgan fingerprint density at radius 2 is 1.95 bits per heavy atom. The van der Waals surface area contributed by atoms with Crippen molar-refractivity contribution in [1.29, 1.82) is 0 Å². The van der Waals surface area contributed by atoms with Crippen LogP contribution in [-0.4, -0.2) is 30.5 Å². The Kier molecular flexibility index (Phi) is 7.80. The Morgan fingerprint density at radius 1 is 1.37 bits per heavy atom. The van der Waals surface area contributed by atoms with Crippen molar-refractivity contribution in [3.05, 3.63) is 29.6 Å². The third-order valence-electron chi connectivity index (χ3n) is 2.62. The minimum Gasteiger partial charge on any atom is -0.496 e. The molecule has 0 aliphatic rings. The maximum atomic E-state index is 13.2. The fourth-order valence-electron chi connectivity index (χ4n) is 1.75. The number of nitrogens with zero attached hydrogens (tertiary/aromatic N) is 1. The van der Waals surface area contributed by atoms with Crippen LogP contribution in [0, 0.1) is 5.82 Å². The van der Waals surface area contributed by atoms with Crippen molar-refractivity contribution in [3.8, 4) is 5.75 Å². The normalized spacial score (nSPS) is 9.68. The smallest absolute Gasteiger partial charge is 0.257 e. The van der Waals surface area contributed by atoms with Crippen molar-refractivity contribution in [2.45, 2.75) is 40.7 Å². The lowest BCUT2D eigenvalue weighted by atomic mass is 10.1. The van der Waals surface area contributed by atoms with E-state index in [1.54, 1.807) is 4.90 Å². The number of halogens is 1. The van der Waals surface area contributed by atoms with Gasteiger partial charge in [0.2, 0.25) is 0 Å². The highest BCUT2D eigenvalue weighted by Gasteiger charge is 2.21. The average Bonchev–Trinajstić information content (AvgIpc) is 2.41. The van der Waals surface area contributed by atoms with Gasteiger partial charge in [0.15, 0.2) is 0 Å². The van der Waals surface area contributed by atoms with E-state index in [1.807, 2.05) is 34.6 Å². The number of hydrogen-bond acceptors (Lipinski definition) is 2. The van der Waals surface area contributed by atoms with Gasteiger partial charge in [-0.15, -0.1) is 0 Å². The molecule has 0 saturated carbocycles. The Hall–Kier alpha value is -1.58. The molecule has 0 aliphatic heterocycles. The summed E-state index contributed by atoms with van der Waals surface area (Å²) in [5.74, 6) is -0.247. The molecule has 0 atom stereocenters. The van der Waals surface area contributed by atoms with Gasteiger partial charge < -0.3 is 9.64 Å². The number of benzene rings is 1. The first-order valence-corrected chi connectivity index (χ1v) is 6.65. The first-order valence-electron chi connectivity index (χ1n) is 6.65. The second kappa shape index (κ2) is 8.51. The Balaban J connectivity index is 0.00000154. The molecule has 0 bridgehead atoms. The highest BCUT2D eigenvalue weighted by Crippen LogP contribution is 2.21. The van der Waals surface area contributed by atoms with Crippen LogP contribution in [0.3, 0.4) is 0 Å². The third kappa shape index (κ3) is 4.54. The topological polar surface area (TPSA) is 29.5 Å². The molecule has 0 unspecified atom stereocenters. The van der Waals surface area contributed by atoms with Gasteiger partial charge in [0.25, 0.3) is 5.91 Å². The molecule has 19 heavy (non-hydrogen) atoms. The first-order chi connectivity index (χ1) is 9.01. The summed E-state index contributed by atoms with van der Waals surface area (Å²) in [5, 5.41) is 0. The summed E-state index contributed by atoms with van der Waals surface area (Å²) in [6, 6.07) is 4.03. The summed E-state index contributed by atoms with van der Waals surface area (Å²) in [6.45, 7) is 10.3. The van der Waals surface area contributed by atoms with Gasteiger partial charge in [0.05, 0.1) is 12.7 Å². The standard InChI is InChI=1S/C13H18FNO2.C2H6/c1-5-15(9(2)3)13(16)11-8-10(14)6-7-12(11)17-4;1-2/h6-9H,5H2,1-4H3;1-2H3. The van der Waals surface area contributed by atoms with Crippen molar-refractivity contribution in [2.75, 3.05) is 13.7 Å². The van der Waals surface area contributed by atoms with Crippen LogP contribution < -0.4 is 4.74 Å². The molecule has 0 aliphatic carbocycles. The fourth-order valence-corrected chi connectivity index (χ4v) is 1.75. The predicted octanol–water partition coefficient (Wildman–Crippen LogP) is 3.73. The first kappa shape index (κ1) is 17.4. The Labute approximate surface area is 115 Å². The summed E-state index contributed by atoms with van der Waals surface area (Å²) < 4.78 is 18.3. The van der Waals surface area contributed by atoms with Gasteiger partial charge in [-0.3, -0.25) is 4.79 Å². The zero-order chi connectivity index (χ0) is 15.0. The Morgan fingerprint density at radius 3 is 2.37 bits per heavy atom. The fraction of sp³-hybridized carbons (Fsp3) is 0.533. The van der Waals surface area contributed by atoms with E-state index >= 15 is 0 Å². The summed E-state index contributed by atoms with van der Waals surface area (Å²) in [7, 11) is 1.47. The van der Waals surface area contributed by atoms with Crippen LogP contribution in [-0.2, 0) is 0 Å². The molecule has 3 nitrogen and oxygen atoms in total. The molecule has 0 heterocycles. The van der Waals surface area contributed by atoms with Crippen LogP contribution in [0.15, 0.2) is 18.2 Å². The van der Waals surface area contributed by atoms with E-state index in [-0.39, 0.29) is 17.5 Å². The van der Waals surface area contributed by atoms with Crippen molar-refractivity contribution < 1.29 is 13.9 Å². The predicted molar refractivity (Wildman–Crippen MR) is 76.1 cm³/mol. The van der Waals surface area contributed by atoms with Gasteiger partial charge in [-0.05, 0) is 39.0 Å². The summed E-state index contributed by atoms with van der Waals surface area (Å²) in [4.78, 5) is 13.9. The second-order valence-electron chi connectivity index (χ2n) is 4.03. The van der Waals surface area contributed by atoms with Crippen LogP contribution in [0.4, 0.5) is 4.39 Å². The molecule has 1 amide bonds. The molecule has 0 saturated heterocycles. The lowest BCUT2D eigenvalue weighted by molar-refractivity contribution is 0.0713. The highest BCUT2D eigenvalue weighted by atomic mass is 19.1. The van der Waals surface area contributed by atoms with E-state index in [2.05, 4.69) is 0 Å². The highest BCUT2D eigenvalue weighted by molar-refractivity contribution is 5.97. The van der Waals surface area contributed by atoms with Crippen molar-refractivity contribution in [2.24, 2.45) is 0 Å². The SMILES string of the molecule is CC.CCN(C(=O)c1cc(F)ccc1OC)C(C)C. The van der Waals surface area contributed by atoms with Gasteiger partial charge in [-0.25, -0.2) is 4.39 Å². The second-order valence-corrected chi connectivity index (χ2v) is 4.03. The van der Waals surface area contributed by atoms with Crippen molar-refractivity contribution >= 4 is 5.91 Å². The minimum atomic E-state index is -0.436. The van der Waals surface area contributed by atoms with Gasteiger partial charge >= 0.3 is 0 Å². The van der Waals surface area contributed by atoms with Crippen LogP contribution in [0.1, 0.15) is 45.0 Å². The van der Waals surface area contributed by atoms with Crippen LogP contribution >= 0.6 is 0 Å². The molecular weight excluding hydrogens is 245 g/mol. The summed E-state index contributed by atoms with van der Waals surface area (Å²) in [5.41, 5.74) is 0.267. The molecule has 108 valence electrons. The lowest BCUT2D eigenvalue weighted by Crippen LogP contribution is -2.36. The van der Waals surface area contributed by atoms with E-state index in [0.717, 1.165) is 0 Å². The number of carbonyl (C=O) groups excluding carboxylic acids is 1. The molecule has 1 rings (SSSR count). The number of methoxy groups -OCH3 is 1.